The molecule has 3 aromatic rings. The molecule has 7 nitrogen and oxygen atoms in total. The first kappa shape index (κ1) is 24.4. The number of nitrogens with zero attached hydrogens (tertiary/aromatic N) is 2. The van der Waals surface area contributed by atoms with Gasteiger partial charge in [0.1, 0.15) is 5.57 Å². The highest BCUT2D eigenvalue weighted by Crippen LogP contribution is 2.30. The number of halogens is 1. The van der Waals surface area contributed by atoms with Crippen LogP contribution in [-0.4, -0.2) is 34.6 Å². The molecule has 2 amide bonds. The Morgan fingerprint density at radius 3 is 2.43 bits per heavy atom. The van der Waals surface area contributed by atoms with E-state index < -0.39 is 17.8 Å². The topological polar surface area (TPSA) is 80.6 Å². The molecule has 9 heteroatoms. The van der Waals surface area contributed by atoms with Crippen LogP contribution in [0.5, 0.6) is 0 Å². The Balaban J connectivity index is 1.76. The molecule has 2 aromatic carbocycles. The van der Waals surface area contributed by atoms with Crippen molar-refractivity contribution >= 4 is 58.5 Å². The molecule has 1 saturated heterocycles. The molecule has 4 rings (SSSR count). The van der Waals surface area contributed by atoms with E-state index in [0.717, 1.165) is 22.6 Å². The molecule has 0 unspecified atom stereocenters. The van der Waals surface area contributed by atoms with Gasteiger partial charge in [-0.1, -0.05) is 23.7 Å². The summed E-state index contributed by atoms with van der Waals surface area (Å²) in [5.41, 5.74) is 4.94. The standard InChI is InChI=1S/C26H22ClN3O4S/c1-14-11-17(25(33)34-4)9-10-21(14)29-15(2)12-18(16(29)3)13-19-23(31)28-26(35)30(24(19)32)22-8-6-5-7-20(22)27/h5-13H,1-4H3,(H,28,31,35)/b19-13+. The molecule has 1 aliphatic heterocycles. The highest BCUT2D eigenvalue weighted by molar-refractivity contribution is 7.80. The van der Waals surface area contributed by atoms with Crippen molar-refractivity contribution in [2.24, 2.45) is 0 Å². The second-order valence-electron chi connectivity index (χ2n) is 8.06. The molecule has 0 radical (unpaired) electrons. The van der Waals surface area contributed by atoms with Gasteiger partial charge in [0.05, 0.1) is 23.4 Å². The number of aromatic nitrogens is 1. The molecule has 2 heterocycles. The van der Waals surface area contributed by atoms with Crippen LogP contribution in [0.3, 0.4) is 0 Å². The van der Waals surface area contributed by atoms with E-state index in [-0.39, 0.29) is 10.7 Å². The van der Waals surface area contributed by atoms with E-state index in [0.29, 0.717) is 21.8 Å². The van der Waals surface area contributed by atoms with E-state index in [1.54, 1.807) is 42.5 Å². The van der Waals surface area contributed by atoms with E-state index in [4.69, 9.17) is 28.6 Å². The molecule has 1 N–H and O–H groups in total. The van der Waals surface area contributed by atoms with Crippen LogP contribution in [0.25, 0.3) is 11.8 Å². The maximum atomic E-state index is 13.4. The Hall–Kier alpha value is -3.75. The monoisotopic (exact) mass is 507 g/mol. The minimum Gasteiger partial charge on any atom is -0.465 e. The highest BCUT2D eigenvalue weighted by atomic mass is 35.5. The molecule has 1 fully saturated rings. The molecule has 178 valence electrons. The Morgan fingerprint density at radius 2 is 1.77 bits per heavy atom. The average molecular weight is 508 g/mol. The zero-order chi connectivity index (χ0) is 25.4. The number of methoxy groups -OCH3 is 1. The Kier molecular flexibility index (Phi) is 6.60. The maximum Gasteiger partial charge on any atom is 0.337 e. The number of amides is 2. The normalized spacial score (nSPS) is 14.9. The minimum absolute atomic E-state index is 0.0305. The number of para-hydroxylation sites is 1. The fraction of sp³-hybridized carbons (Fsp3) is 0.154. The predicted octanol–water partition coefficient (Wildman–Crippen LogP) is 4.67. The van der Waals surface area contributed by atoms with Gasteiger partial charge in [0.25, 0.3) is 11.8 Å². The van der Waals surface area contributed by atoms with Crippen molar-refractivity contribution < 1.29 is 19.1 Å². The van der Waals surface area contributed by atoms with Gasteiger partial charge in [-0.15, -0.1) is 0 Å². The number of rotatable bonds is 4. The number of thiocarbonyl (C=S) groups is 1. The van der Waals surface area contributed by atoms with Gasteiger partial charge in [-0.05, 0) is 86.6 Å². The third-order valence-electron chi connectivity index (χ3n) is 5.82. The summed E-state index contributed by atoms with van der Waals surface area (Å²) in [7, 11) is 1.34. The second kappa shape index (κ2) is 9.48. The summed E-state index contributed by atoms with van der Waals surface area (Å²) in [6, 6.07) is 14.0. The van der Waals surface area contributed by atoms with Crippen molar-refractivity contribution in [1.29, 1.82) is 0 Å². The predicted molar refractivity (Wildman–Crippen MR) is 139 cm³/mol. The van der Waals surface area contributed by atoms with E-state index in [1.807, 2.05) is 37.5 Å². The van der Waals surface area contributed by atoms with Gasteiger partial charge in [0, 0.05) is 17.1 Å². The van der Waals surface area contributed by atoms with Crippen molar-refractivity contribution in [1.82, 2.24) is 9.88 Å². The van der Waals surface area contributed by atoms with Gasteiger partial charge in [-0.3, -0.25) is 19.8 Å². The Bertz CT molecular complexity index is 1440. The number of ether oxygens (including phenoxy) is 1. The van der Waals surface area contributed by atoms with Crippen LogP contribution >= 0.6 is 23.8 Å². The third-order valence-corrected chi connectivity index (χ3v) is 6.43. The number of carbonyl (C=O) groups is 3. The lowest BCUT2D eigenvalue weighted by molar-refractivity contribution is -0.122. The molecule has 0 aliphatic carbocycles. The molecule has 35 heavy (non-hydrogen) atoms. The van der Waals surface area contributed by atoms with Gasteiger partial charge in [-0.2, -0.15) is 0 Å². The summed E-state index contributed by atoms with van der Waals surface area (Å²) in [6.07, 6.45) is 1.56. The molecule has 0 bridgehead atoms. The number of nitrogens with one attached hydrogen (secondary N) is 1. The van der Waals surface area contributed by atoms with Crippen LogP contribution in [-0.2, 0) is 14.3 Å². The molecular formula is C26H22ClN3O4S. The van der Waals surface area contributed by atoms with Gasteiger partial charge in [0.15, 0.2) is 5.11 Å². The van der Waals surface area contributed by atoms with E-state index >= 15 is 0 Å². The van der Waals surface area contributed by atoms with Crippen LogP contribution in [0.4, 0.5) is 5.69 Å². The quantitative estimate of drug-likeness (QED) is 0.240. The molecule has 1 aliphatic rings. The average Bonchev–Trinajstić information content (AvgIpc) is 3.09. The van der Waals surface area contributed by atoms with Crippen molar-refractivity contribution in [2.45, 2.75) is 20.8 Å². The van der Waals surface area contributed by atoms with E-state index in [1.165, 1.54) is 12.0 Å². The Morgan fingerprint density at radius 1 is 1.06 bits per heavy atom. The summed E-state index contributed by atoms with van der Waals surface area (Å²) in [4.78, 5) is 39.2. The zero-order valence-corrected chi connectivity index (χ0v) is 21.1. The third kappa shape index (κ3) is 4.38. The number of benzene rings is 2. The molecule has 0 saturated carbocycles. The SMILES string of the molecule is COC(=O)c1ccc(-n2c(C)cc(/C=C3\C(=O)NC(=S)N(c4ccccc4Cl)C3=O)c2C)c(C)c1. The largest absolute Gasteiger partial charge is 0.465 e. The molecular weight excluding hydrogens is 486 g/mol. The van der Waals surface area contributed by atoms with Gasteiger partial charge < -0.3 is 9.30 Å². The van der Waals surface area contributed by atoms with Gasteiger partial charge >= 0.3 is 5.97 Å². The van der Waals surface area contributed by atoms with Crippen molar-refractivity contribution in [3.8, 4) is 5.69 Å². The maximum absolute atomic E-state index is 13.4. The Labute approximate surface area is 212 Å². The van der Waals surface area contributed by atoms with Crippen molar-refractivity contribution in [3.05, 3.63) is 87.2 Å². The van der Waals surface area contributed by atoms with Gasteiger partial charge in [0.2, 0.25) is 0 Å². The number of anilines is 1. The number of esters is 1. The van der Waals surface area contributed by atoms with Gasteiger partial charge in [-0.25, -0.2) is 4.79 Å². The van der Waals surface area contributed by atoms with Crippen LogP contribution in [0.1, 0.15) is 32.9 Å². The number of carbonyl (C=O) groups excluding carboxylic acids is 3. The smallest absolute Gasteiger partial charge is 0.337 e. The summed E-state index contributed by atoms with van der Waals surface area (Å²) in [5, 5.41) is 2.89. The van der Waals surface area contributed by atoms with Crippen LogP contribution in [0.15, 0.2) is 54.1 Å². The minimum atomic E-state index is -0.577. The van der Waals surface area contributed by atoms with E-state index in [9.17, 15) is 14.4 Å². The first-order valence-corrected chi connectivity index (χ1v) is 11.5. The fourth-order valence-corrected chi connectivity index (χ4v) is 4.61. The van der Waals surface area contributed by atoms with Crippen LogP contribution in [0.2, 0.25) is 5.02 Å². The zero-order valence-electron chi connectivity index (χ0n) is 19.5. The highest BCUT2D eigenvalue weighted by Gasteiger charge is 2.35. The summed E-state index contributed by atoms with van der Waals surface area (Å²) in [5.74, 6) is -1.55. The number of aryl methyl sites for hydroxylation is 2. The lowest BCUT2D eigenvalue weighted by Gasteiger charge is -2.29. The summed E-state index contributed by atoms with van der Waals surface area (Å²) in [6.45, 7) is 5.73. The van der Waals surface area contributed by atoms with Crippen LogP contribution < -0.4 is 10.2 Å². The van der Waals surface area contributed by atoms with Crippen molar-refractivity contribution in [3.63, 3.8) is 0 Å². The number of hydrogen-bond acceptors (Lipinski definition) is 5. The molecule has 1 aromatic heterocycles. The lowest BCUT2D eigenvalue weighted by atomic mass is 10.1. The first-order valence-electron chi connectivity index (χ1n) is 10.7. The summed E-state index contributed by atoms with van der Waals surface area (Å²) >= 11 is 11.5. The van der Waals surface area contributed by atoms with E-state index in [2.05, 4.69) is 5.32 Å². The van der Waals surface area contributed by atoms with Crippen LogP contribution in [0, 0.1) is 20.8 Å². The first-order chi connectivity index (χ1) is 16.6. The second-order valence-corrected chi connectivity index (χ2v) is 8.86. The van der Waals surface area contributed by atoms with Crippen molar-refractivity contribution in [2.75, 3.05) is 12.0 Å². The number of hydrogen-bond donors (Lipinski definition) is 1. The fourth-order valence-electron chi connectivity index (χ4n) is 4.12. The molecule has 0 spiro atoms. The lowest BCUT2D eigenvalue weighted by Crippen LogP contribution is -2.54. The summed E-state index contributed by atoms with van der Waals surface area (Å²) < 4.78 is 6.81. The molecule has 0 atom stereocenters.